The molecular weight excluding hydrogens is 181 g/mol. The molecule has 2 N–H and O–H groups in total. The molecule has 1 aliphatic rings. The van der Waals surface area contributed by atoms with E-state index in [-0.39, 0.29) is 0 Å². The SMILES string of the molecule is C[C@@H]1O[C@@](CO)(N=[N+]=[N-])[C@@H](O)[C@H]1F. The van der Waals surface area contributed by atoms with Gasteiger partial charge in [0.25, 0.3) is 0 Å². The van der Waals surface area contributed by atoms with Crippen LogP contribution in [0.5, 0.6) is 0 Å². The maximum Gasteiger partial charge on any atom is 0.198 e. The number of alkyl halides is 1. The van der Waals surface area contributed by atoms with Crippen molar-refractivity contribution in [3.05, 3.63) is 10.4 Å². The van der Waals surface area contributed by atoms with E-state index in [1.54, 1.807) is 0 Å². The topological polar surface area (TPSA) is 98.5 Å². The molecule has 0 aromatic rings. The van der Waals surface area contributed by atoms with Crippen LogP contribution in [0.25, 0.3) is 10.4 Å². The van der Waals surface area contributed by atoms with E-state index in [0.717, 1.165) is 0 Å². The van der Waals surface area contributed by atoms with Crippen molar-refractivity contribution in [2.45, 2.75) is 31.0 Å². The summed E-state index contributed by atoms with van der Waals surface area (Å²) in [6.45, 7) is 0.640. The zero-order chi connectivity index (χ0) is 10.1. The van der Waals surface area contributed by atoms with E-state index in [1.807, 2.05) is 0 Å². The maximum absolute atomic E-state index is 13.0. The van der Waals surface area contributed by atoms with Crippen LogP contribution < -0.4 is 0 Å². The standard InChI is InChI=1S/C6H10FN3O3/c1-3-4(7)5(12)6(2-11,13-3)9-10-8/h3-5,11-12H,2H2,1H3/t3-,4-,5-,6+/m0/s1. The molecule has 74 valence electrons. The molecule has 1 fully saturated rings. The van der Waals surface area contributed by atoms with Crippen molar-refractivity contribution in [1.82, 2.24) is 0 Å². The molecule has 0 aromatic heterocycles. The highest BCUT2D eigenvalue weighted by molar-refractivity contribution is 4.99. The summed E-state index contributed by atoms with van der Waals surface area (Å²) in [4.78, 5) is 2.39. The Kier molecular flexibility index (Phi) is 2.72. The van der Waals surface area contributed by atoms with Gasteiger partial charge in [0.15, 0.2) is 11.9 Å². The summed E-state index contributed by atoms with van der Waals surface area (Å²) >= 11 is 0. The molecule has 1 saturated heterocycles. The third-order valence-electron chi connectivity index (χ3n) is 2.04. The van der Waals surface area contributed by atoms with E-state index in [4.69, 9.17) is 15.4 Å². The fourth-order valence-electron chi connectivity index (χ4n) is 1.28. The number of hydrogen-bond acceptors (Lipinski definition) is 4. The third-order valence-corrected chi connectivity index (χ3v) is 2.04. The van der Waals surface area contributed by atoms with Crippen LogP contribution in [-0.2, 0) is 4.74 Å². The molecule has 1 aliphatic heterocycles. The zero-order valence-electron chi connectivity index (χ0n) is 6.96. The predicted molar refractivity (Wildman–Crippen MR) is 40.4 cm³/mol. The van der Waals surface area contributed by atoms with E-state index < -0.39 is 30.7 Å². The van der Waals surface area contributed by atoms with Gasteiger partial charge in [-0.2, -0.15) is 0 Å². The fourth-order valence-corrected chi connectivity index (χ4v) is 1.28. The zero-order valence-corrected chi connectivity index (χ0v) is 6.96. The highest BCUT2D eigenvalue weighted by atomic mass is 19.1. The number of nitrogens with zero attached hydrogens (tertiary/aromatic N) is 3. The molecule has 1 heterocycles. The number of ether oxygens (including phenoxy) is 1. The summed E-state index contributed by atoms with van der Waals surface area (Å²) in [6, 6.07) is 0. The Bertz CT molecular complexity index is 245. The molecule has 0 aromatic carbocycles. The second-order valence-corrected chi connectivity index (χ2v) is 2.90. The summed E-state index contributed by atoms with van der Waals surface area (Å²) in [7, 11) is 0. The molecule has 0 aliphatic carbocycles. The van der Waals surface area contributed by atoms with Gasteiger partial charge in [0.1, 0.15) is 6.10 Å². The average Bonchev–Trinajstić information content (AvgIpc) is 2.32. The van der Waals surface area contributed by atoms with Crippen LogP contribution in [0.15, 0.2) is 5.11 Å². The lowest BCUT2D eigenvalue weighted by Crippen LogP contribution is -2.43. The minimum Gasteiger partial charge on any atom is -0.393 e. The van der Waals surface area contributed by atoms with Gasteiger partial charge in [0, 0.05) is 4.91 Å². The Balaban J connectivity index is 2.95. The summed E-state index contributed by atoms with van der Waals surface area (Å²) in [5.41, 5.74) is 6.28. The van der Waals surface area contributed by atoms with E-state index in [1.165, 1.54) is 6.92 Å². The van der Waals surface area contributed by atoms with E-state index in [9.17, 15) is 9.50 Å². The monoisotopic (exact) mass is 191 g/mol. The van der Waals surface area contributed by atoms with E-state index in [0.29, 0.717) is 0 Å². The van der Waals surface area contributed by atoms with Crippen LogP contribution in [0.1, 0.15) is 6.92 Å². The molecule has 4 atom stereocenters. The average molecular weight is 191 g/mol. The van der Waals surface area contributed by atoms with Crippen LogP contribution >= 0.6 is 0 Å². The van der Waals surface area contributed by atoms with Gasteiger partial charge in [-0.15, -0.1) is 0 Å². The fraction of sp³-hybridized carbons (Fsp3) is 1.00. The van der Waals surface area contributed by atoms with Crippen molar-refractivity contribution in [2.75, 3.05) is 6.61 Å². The number of halogens is 1. The molecule has 1 rings (SSSR count). The molecule has 0 bridgehead atoms. The molecule has 0 amide bonds. The largest absolute Gasteiger partial charge is 0.393 e. The Morgan fingerprint density at radius 1 is 1.77 bits per heavy atom. The summed E-state index contributed by atoms with van der Waals surface area (Å²) in [6.07, 6.45) is -4.17. The Morgan fingerprint density at radius 2 is 2.38 bits per heavy atom. The lowest BCUT2D eigenvalue weighted by atomic mass is 10.1. The second kappa shape index (κ2) is 3.47. The first kappa shape index (κ1) is 10.2. The Hall–Kier alpha value is -0.880. The summed E-state index contributed by atoms with van der Waals surface area (Å²) in [5.74, 6) is 0. The molecule has 6 nitrogen and oxygen atoms in total. The highest BCUT2D eigenvalue weighted by Crippen LogP contribution is 2.33. The highest BCUT2D eigenvalue weighted by Gasteiger charge is 2.53. The van der Waals surface area contributed by atoms with Gasteiger partial charge in [-0.1, -0.05) is 5.11 Å². The molecule has 13 heavy (non-hydrogen) atoms. The number of aliphatic hydroxyl groups excluding tert-OH is 2. The van der Waals surface area contributed by atoms with Crippen molar-refractivity contribution in [2.24, 2.45) is 5.11 Å². The van der Waals surface area contributed by atoms with E-state index in [2.05, 4.69) is 10.0 Å². The van der Waals surface area contributed by atoms with Crippen LogP contribution in [0.3, 0.4) is 0 Å². The van der Waals surface area contributed by atoms with E-state index >= 15 is 0 Å². The van der Waals surface area contributed by atoms with Gasteiger partial charge in [0.05, 0.1) is 12.7 Å². The number of hydrogen-bond donors (Lipinski definition) is 2. The quantitative estimate of drug-likeness (QED) is 0.368. The minimum absolute atomic E-state index is 0.747. The lowest BCUT2D eigenvalue weighted by molar-refractivity contribution is -0.103. The van der Waals surface area contributed by atoms with Crippen molar-refractivity contribution in [3.8, 4) is 0 Å². The van der Waals surface area contributed by atoms with Crippen LogP contribution in [-0.4, -0.2) is 40.9 Å². The van der Waals surface area contributed by atoms with Gasteiger partial charge in [-0.05, 0) is 12.5 Å². The molecular formula is C6H10FN3O3. The van der Waals surface area contributed by atoms with Gasteiger partial charge in [0.2, 0.25) is 0 Å². The normalized spacial score (nSPS) is 44.5. The van der Waals surface area contributed by atoms with Crippen molar-refractivity contribution in [3.63, 3.8) is 0 Å². The molecule has 0 unspecified atom stereocenters. The number of azide groups is 1. The molecule has 0 radical (unpaired) electrons. The Labute approximate surface area is 73.6 Å². The lowest BCUT2D eigenvalue weighted by Gasteiger charge is -2.23. The second-order valence-electron chi connectivity index (χ2n) is 2.90. The first-order valence-electron chi connectivity index (χ1n) is 3.74. The smallest absolute Gasteiger partial charge is 0.198 e. The summed E-state index contributed by atoms with van der Waals surface area (Å²) < 4.78 is 17.9. The Morgan fingerprint density at radius 3 is 2.69 bits per heavy atom. The van der Waals surface area contributed by atoms with Crippen LogP contribution in [0, 0.1) is 0 Å². The van der Waals surface area contributed by atoms with Crippen molar-refractivity contribution >= 4 is 0 Å². The number of aliphatic hydroxyl groups is 2. The molecule has 0 spiro atoms. The minimum atomic E-state index is -1.87. The number of rotatable bonds is 2. The molecule has 0 saturated carbocycles. The van der Waals surface area contributed by atoms with Crippen LogP contribution in [0.4, 0.5) is 4.39 Å². The predicted octanol–water partition coefficient (Wildman–Crippen LogP) is 0.103. The first-order chi connectivity index (χ1) is 6.07. The van der Waals surface area contributed by atoms with Crippen molar-refractivity contribution in [1.29, 1.82) is 0 Å². The van der Waals surface area contributed by atoms with Gasteiger partial charge >= 0.3 is 0 Å². The molecule has 7 heteroatoms. The van der Waals surface area contributed by atoms with Crippen molar-refractivity contribution < 1.29 is 19.3 Å². The first-order valence-corrected chi connectivity index (χ1v) is 3.74. The van der Waals surface area contributed by atoms with Gasteiger partial charge in [-0.3, -0.25) is 0 Å². The van der Waals surface area contributed by atoms with Crippen LogP contribution in [0.2, 0.25) is 0 Å². The van der Waals surface area contributed by atoms with Gasteiger partial charge in [-0.25, -0.2) is 4.39 Å². The maximum atomic E-state index is 13.0. The summed E-state index contributed by atoms with van der Waals surface area (Å²) in [5, 5.41) is 21.2. The third kappa shape index (κ3) is 1.47. The van der Waals surface area contributed by atoms with Gasteiger partial charge < -0.3 is 14.9 Å².